The first kappa shape index (κ1) is 40.7. The molecule has 254 valence electrons. The Morgan fingerprint density at radius 3 is 2.30 bits per heavy atom. The largest absolute Gasteiger partial charge is 0.442 e. The van der Waals surface area contributed by atoms with Gasteiger partial charge in [0.2, 0.25) is 0 Å². The summed E-state index contributed by atoms with van der Waals surface area (Å²) in [7, 11) is 0. The second-order valence-electron chi connectivity index (χ2n) is 12.2. The third-order valence-electron chi connectivity index (χ3n) is 6.26. The zero-order valence-electron chi connectivity index (χ0n) is 30.3. The summed E-state index contributed by atoms with van der Waals surface area (Å²) < 4.78 is 13.9. The number of rotatable bonds is 8. The number of allylic oxidation sites excluding steroid dienone is 5. The average Bonchev–Trinajstić information content (AvgIpc) is 3.40. The molecule has 7 nitrogen and oxygen atoms in total. The lowest BCUT2D eigenvalue weighted by Crippen LogP contribution is -2.35. The highest BCUT2D eigenvalue weighted by molar-refractivity contribution is 8.06. The molecule has 0 fully saturated rings. The Labute approximate surface area is 282 Å². The first-order valence-electron chi connectivity index (χ1n) is 16.4. The molecule has 2 heterocycles. The zero-order chi connectivity index (χ0) is 35.1. The van der Waals surface area contributed by atoms with Crippen LogP contribution >= 0.6 is 11.8 Å². The summed E-state index contributed by atoms with van der Waals surface area (Å²) in [6, 6.07) is 7.69. The Balaban J connectivity index is 0.00000254. The molecule has 1 aliphatic heterocycles. The van der Waals surface area contributed by atoms with Gasteiger partial charge in [-0.05, 0) is 103 Å². The number of nitrogens with zero attached hydrogens (tertiary/aromatic N) is 3. The van der Waals surface area contributed by atoms with E-state index in [2.05, 4.69) is 25.7 Å². The van der Waals surface area contributed by atoms with Crippen molar-refractivity contribution in [3.05, 3.63) is 82.3 Å². The predicted molar refractivity (Wildman–Crippen MR) is 198 cm³/mol. The Kier molecular flexibility index (Phi) is 17.1. The molecule has 0 radical (unpaired) electrons. The van der Waals surface area contributed by atoms with Crippen LogP contribution in [0.1, 0.15) is 118 Å². The molecular formula is C38H57N3O4S. The van der Waals surface area contributed by atoms with E-state index in [-0.39, 0.29) is 12.5 Å². The molecular weight excluding hydrogens is 595 g/mol. The lowest BCUT2D eigenvalue weighted by molar-refractivity contribution is -0.0417. The molecule has 1 amide bonds. The van der Waals surface area contributed by atoms with Gasteiger partial charge >= 0.3 is 6.09 Å². The molecule has 0 bridgehead atoms. The van der Waals surface area contributed by atoms with Gasteiger partial charge in [-0.2, -0.15) is 10.1 Å². The molecule has 8 heteroatoms. The van der Waals surface area contributed by atoms with E-state index in [9.17, 15) is 9.59 Å². The third kappa shape index (κ3) is 12.8. The monoisotopic (exact) mass is 651 g/mol. The maximum atomic E-state index is 13.3. The second-order valence-corrected chi connectivity index (χ2v) is 13.2. The summed E-state index contributed by atoms with van der Waals surface area (Å²) >= 11 is 1.45. The first-order chi connectivity index (χ1) is 21.7. The van der Waals surface area contributed by atoms with E-state index < -0.39 is 17.3 Å². The van der Waals surface area contributed by atoms with E-state index in [1.165, 1.54) is 16.8 Å². The van der Waals surface area contributed by atoms with Crippen LogP contribution in [0, 0.1) is 0 Å². The van der Waals surface area contributed by atoms with Gasteiger partial charge in [0.25, 0.3) is 0 Å². The molecule has 0 aliphatic carbocycles. The molecule has 0 saturated heterocycles. The maximum Gasteiger partial charge on any atom is 0.430 e. The number of amides is 1. The number of hydrogen-bond donors (Lipinski definition) is 0. The summed E-state index contributed by atoms with van der Waals surface area (Å²) in [5, 5.41) is 9.02. The van der Waals surface area contributed by atoms with Crippen LogP contribution < -0.4 is 0 Å². The van der Waals surface area contributed by atoms with Gasteiger partial charge < -0.3 is 14.0 Å². The number of hydrazone groups is 1. The minimum atomic E-state index is -0.663. The quantitative estimate of drug-likeness (QED) is 0.161. The fourth-order valence-electron chi connectivity index (χ4n) is 4.15. The molecule has 0 unspecified atom stereocenters. The van der Waals surface area contributed by atoms with Crippen LogP contribution in [0.3, 0.4) is 0 Å². The molecule has 3 rings (SSSR count). The van der Waals surface area contributed by atoms with Gasteiger partial charge in [0.15, 0.2) is 5.78 Å². The van der Waals surface area contributed by atoms with Crippen LogP contribution in [-0.2, 0) is 16.2 Å². The highest BCUT2D eigenvalue weighted by Gasteiger charge is 2.26. The van der Waals surface area contributed by atoms with Gasteiger partial charge in [0.1, 0.15) is 18.0 Å². The fourth-order valence-corrected chi connectivity index (χ4v) is 4.81. The summed E-state index contributed by atoms with van der Waals surface area (Å²) in [6.45, 7) is 28.3. The van der Waals surface area contributed by atoms with Crippen molar-refractivity contribution in [2.45, 2.75) is 120 Å². The minimum absolute atomic E-state index is 0.0111. The number of ether oxygens (including phenoxy) is 2. The van der Waals surface area contributed by atoms with E-state index in [0.717, 1.165) is 29.4 Å². The number of fused-ring (bicyclic) bond motifs is 1. The van der Waals surface area contributed by atoms with E-state index in [0.29, 0.717) is 34.7 Å². The van der Waals surface area contributed by atoms with Crippen LogP contribution in [0.5, 0.6) is 0 Å². The highest BCUT2D eigenvalue weighted by atomic mass is 32.2. The molecule has 2 aromatic rings. The van der Waals surface area contributed by atoms with E-state index in [1.807, 2.05) is 123 Å². The normalized spacial score (nSPS) is 16.3. The molecule has 1 aromatic heterocycles. The van der Waals surface area contributed by atoms with Gasteiger partial charge in [-0.1, -0.05) is 77.3 Å². The predicted octanol–water partition coefficient (Wildman–Crippen LogP) is 11.1. The van der Waals surface area contributed by atoms with Gasteiger partial charge in [-0.3, -0.25) is 4.79 Å². The number of thioether (sulfide) groups is 1. The van der Waals surface area contributed by atoms with E-state index in [4.69, 9.17) is 14.6 Å². The number of Topliss-reactive ketones (excluding diaryl/α,β-unsaturated/α-hetero) is 1. The molecule has 46 heavy (non-hydrogen) atoms. The summed E-state index contributed by atoms with van der Waals surface area (Å²) in [6.07, 6.45) is 9.91. The average molecular weight is 652 g/mol. The van der Waals surface area contributed by atoms with Crippen LogP contribution in [0.4, 0.5) is 4.79 Å². The lowest BCUT2D eigenvalue weighted by atomic mass is 10.0. The Hall–Kier alpha value is -3.36. The number of benzene rings is 1. The zero-order valence-corrected chi connectivity index (χ0v) is 31.1. The van der Waals surface area contributed by atoms with Crippen molar-refractivity contribution in [2.75, 3.05) is 6.54 Å². The molecule has 0 atom stereocenters. The summed E-state index contributed by atoms with van der Waals surface area (Å²) in [4.78, 5) is 27.1. The molecule has 0 spiro atoms. The standard InChI is InChI=1S/C34H45N3O4S.2C2H6/c1-10-11-12-13-16-24(2)31(38)26-17-18-28-27(21-26)22-29(36(28)23-40-33(4,5)6)30-25(3)42-20-15-14-19-37(35-30)32(39)41-34(7,8)9;2*1-2/h11-12,15-18,20-22H,3,10,13-14,19,23H2,1-2,4-9H3;2*1-2H3/b12-11-,20-15-,24-16?,35-30+;;. The van der Waals surface area contributed by atoms with Crippen molar-refractivity contribution >= 4 is 40.3 Å². The van der Waals surface area contributed by atoms with Crippen LogP contribution in [-0.4, -0.2) is 44.9 Å². The molecule has 1 aromatic carbocycles. The molecule has 1 aliphatic rings. The van der Waals surface area contributed by atoms with Crippen LogP contribution in [0.15, 0.2) is 76.1 Å². The number of ketones is 1. The Morgan fingerprint density at radius 2 is 1.70 bits per heavy atom. The SMILES string of the molecule is C=C1S/C=C\CCN(C(=O)OC(C)(C)C)/N=C\1c1cc2cc(C(=O)C(C)=CC/C=C\CC)ccc2n1COC(C)(C)C.CC.CC. The van der Waals surface area contributed by atoms with Gasteiger partial charge in [-0.15, -0.1) is 0 Å². The van der Waals surface area contributed by atoms with Crippen molar-refractivity contribution in [1.82, 2.24) is 9.58 Å². The Morgan fingerprint density at radius 1 is 1.02 bits per heavy atom. The van der Waals surface area contributed by atoms with Gasteiger partial charge in [0.05, 0.1) is 23.4 Å². The van der Waals surface area contributed by atoms with Crippen molar-refractivity contribution in [3.8, 4) is 0 Å². The first-order valence-corrected chi connectivity index (χ1v) is 17.3. The van der Waals surface area contributed by atoms with Crippen molar-refractivity contribution in [3.63, 3.8) is 0 Å². The van der Waals surface area contributed by atoms with Crippen LogP contribution in [0.2, 0.25) is 0 Å². The number of carbonyl (C=O) groups is 2. The highest BCUT2D eigenvalue weighted by Crippen LogP contribution is 2.30. The fraction of sp³-hybridized carbons (Fsp3) is 0.500. The molecule has 0 N–H and O–H groups in total. The van der Waals surface area contributed by atoms with Crippen molar-refractivity contribution in [2.24, 2.45) is 5.10 Å². The summed E-state index contributed by atoms with van der Waals surface area (Å²) in [5.41, 5.74) is 2.42. The van der Waals surface area contributed by atoms with Gasteiger partial charge in [-0.25, -0.2) is 4.79 Å². The van der Waals surface area contributed by atoms with E-state index in [1.54, 1.807) is 0 Å². The Bertz CT molecular complexity index is 1430. The number of aromatic nitrogens is 1. The van der Waals surface area contributed by atoms with Crippen molar-refractivity contribution in [1.29, 1.82) is 0 Å². The van der Waals surface area contributed by atoms with Gasteiger partial charge in [0, 0.05) is 15.9 Å². The second kappa shape index (κ2) is 19.3. The smallest absolute Gasteiger partial charge is 0.430 e. The minimum Gasteiger partial charge on any atom is -0.442 e. The van der Waals surface area contributed by atoms with Crippen molar-refractivity contribution < 1.29 is 19.1 Å². The number of carbonyl (C=O) groups excluding carboxylic acids is 2. The maximum absolute atomic E-state index is 13.3. The lowest BCUT2D eigenvalue weighted by Gasteiger charge is -2.25. The van der Waals surface area contributed by atoms with Crippen LogP contribution in [0.25, 0.3) is 10.9 Å². The molecule has 0 saturated carbocycles. The number of hydrogen-bond acceptors (Lipinski definition) is 6. The topological polar surface area (TPSA) is 73.1 Å². The van der Waals surface area contributed by atoms with E-state index >= 15 is 0 Å². The third-order valence-corrected chi connectivity index (χ3v) is 7.06. The summed E-state index contributed by atoms with van der Waals surface area (Å²) in [5.74, 6) is -0.0111.